The van der Waals surface area contributed by atoms with Crippen LogP contribution >= 0.6 is 22.6 Å². The first-order chi connectivity index (χ1) is 14.3. The normalized spacial score (nSPS) is 11.5. The van der Waals surface area contributed by atoms with Crippen molar-refractivity contribution >= 4 is 40.4 Å². The number of carbonyl (C=O) groups excluding carboxylic acids is 2. The first kappa shape index (κ1) is 23.8. The molecule has 0 saturated heterocycles. The van der Waals surface area contributed by atoms with Crippen molar-refractivity contribution in [3.63, 3.8) is 0 Å². The lowest BCUT2D eigenvalue weighted by Crippen LogP contribution is -2.35. The van der Waals surface area contributed by atoms with Gasteiger partial charge in [0.25, 0.3) is 5.91 Å². The van der Waals surface area contributed by atoms with Gasteiger partial charge in [0.15, 0.2) is 0 Å². The summed E-state index contributed by atoms with van der Waals surface area (Å²) in [5, 5.41) is 14.3. The number of nitrogens with two attached hydrogens (primary N) is 1. The van der Waals surface area contributed by atoms with E-state index in [2.05, 4.69) is 57.5 Å². The minimum Gasteiger partial charge on any atom is -0.480 e. The van der Waals surface area contributed by atoms with Crippen molar-refractivity contribution in [1.29, 1.82) is 0 Å². The van der Waals surface area contributed by atoms with Crippen LogP contribution in [0.5, 0.6) is 0 Å². The average molecular weight is 523 g/mol. The molecule has 2 amide bonds. The van der Waals surface area contributed by atoms with E-state index >= 15 is 0 Å². The number of hydrogen-bond acceptors (Lipinski definition) is 4. The predicted octanol–water partition coefficient (Wildman–Crippen LogP) is 2.46. The van der Waals surface area contributed by atoms with Crippen molar-refractivity contribution in [3.8, 4) is 0 Å². The van der Waals surface area contributed by atoms with Crippen LogP contribution < -0.4 is 16.4 Å². The van der Waals surface area contributed by atoms with Gasteiger partial charge >= 0.3 is 5.97 Å². The summed E-state index contributed by atoms with van der Waals surface area (Å²) in [7, 11) is 0. The molecule has 0 bridgehead atoms. The van der Waals surface area contributed by atoms with Gasteiger partial charge in [0.1, 0.15) is 6.04 Å². The van der Waals surface area contributed by atoms with Crippen LogP contribution in [0.1, 0.15) is 40.7 Å². The summed E-state index contributed by atoms with van der Waals surface area (Å²) in [6.45, 7) is 0.587. The summed E-state index contributed by atoms with van der Waals surface area (Å²) in [4.78, 5) is 34.7. The van der Waals surface area contributed by atoms with Crippen molar-refractivity contribution in [2.45, 2.75) is 38.3 Å². The van der Waals surface area contributed by atoms with Crippen molar-refractivity contribution in [3.05, 3.63) is 68.8 Å². The van der Waals surface area contributed by atoms with Crippen molar-refractivity contribution in [2.24, 2.45) is 5.73 Å². The van der Waals surface area contributed by atoms with Crippen molar-refractivity contribution in [1.82, 2.24) is 10.6 Å². The van der Waals surface area contributed by atoms with Crippen LogP contribution in [-0.2, 0) is 22.6 Å². The second-order valence-corrected chi connectivity index (χ2v) is 8.19. The SMILES string of the molecule is NC(CCNC(=O)c1ccc(CNC(=O)CCCc2ccc(I)cc2)cc1)C(=O)O. The molecule has 0 heterocycles. The van der Waals surface area contributed by atoms with Crippen LogP contribution in [0, 0.1) is 3.57 Å². The maximum Gasteiger partial charge on any atom is 0.320 e. The Morgan fingerprint density at radius 2 is 1.60 bits per heavy atom. The highest BCUT2D eigenvalue weighted by Gasteiger charge is 2.12. The predicted molar refractivity (Wildman–Crippen MR) is 123 cm³/mol. The second-order valence-electron chi connectivity index (χ2n) is 6.94. The monoisotopic (exact) mass is 523 g/mol. The first-order valence-corrected chi connectivity index (χ1v) is 10.8. The molecule has 0 aromatic heterocycles. The van der Waals surface area contributed by atoms with Gasteiger partial charge in [0, 0.05) is 28.6 Å². The van der Waals surface area contributed by atoms with Crippen LogP contribution in [0.15, 0.2) is 48.5 Å². The second kappa shape index (κ2) is 12.3. The summed E-state index contributed by atoms with van der Waals surface area (Å²) >= 11 is 2.27. The maximum absolute atomic E-state index is 12.1. The summed E-state index contributed by atoms with van der Waals surface area (Å²) in [6, 6.07) is 14.2. The Kier molecular flexibility index (Phi) is 9.75. The Morgan fingerprint density at radius 1 is 0.967 bits per heavy atom. The molecule has 7 nitrogen and oxygen atoms in total. The van der Waals surface area contributed by atoms with E-state index in [1.54, 1.807) is 24.3 Å². The standard InChI is InChI=1S/C22H26IN3O4/c23-18-10-6-15(7-11-18)2-1-3-20(27)26-14-16-4-8-17(9-5-16)21(28)25-13-12-19(24)22(29)30/h4-11,19H,1-3,12-14,24H2,(H,25,28)(H,26,27)(H,29,30). The topological polar surface area (TPSA) is 122 Å². The number of carboxylic acids is 1. The molecule has 8 heteroatoms. The van der Waals surface area contributed by atoms with E-state index in [1.165, 1.54) is 9.13 Å². The Labute approximate surface area is 189 Å². The number of nitrogens with one attached hydrogen (secondary N) is 2. The van der Waals surface area contributed by atoms with E-state index in [0.29, 0.717) is 18.5 Å². The van der Waals surface area contributed by atoms with Gasteiger partial charge in [0.05, 0.1) is 0 Å². The van der Waals surface area contributed by atoms with Crippen LogP contribution in [0.2, 0.25) is 0 Å². The fourth-order valence-electron chi connectivity index (χ4n) is 2.73. The quantitative estimate of drug-likeness (QED) is 0.338. The van der Waals surface area contributed by atoms with Crippen LogP contribution in [0.4, 0.5) is 0 Å². The van der Waals surface area contributed by atoms with Crippen LogP contribution in [0.3, 0.4) is 0 Å². The Balaban J connectivity index is 1.68. The molecule has 0 saturated carbocycles. The number of hydrogen-bond donors (Lipinski definition) is 4. The summed E-state index contributed by atoms with van der Waals surface area (Å²) in [6.07, 6.45) is 2.28. The van der Waals surface area contributed by atoms with Gasteiger partial charge in [-0.1, -0.05) is 24.3 Å². The van der Waals surface area contributed by atoms with Crippen molar-refractivity contribution in [2.75, 3.05) is 6.54 Å². The molecule has 5 N–H and O–H groups in total. The minimum atomic E-state index is -1.09. The number of amides is 2. The zero-order valence-electron chi connectivity index (χ0n) is 16.6. The van der Waals surface area contributed by atoms with Gasteiger partial charge in [-0.2, -0.15) is 0 Å². The molecule has 2 aromatic rings. The van der Waals surface area contributed by atoms with Crippen LogP contribution in [0.25, 0.3) is 0 Å². The molecule has 160 valence electrons. The lowest BCUT2D eigenvalue weighted by Gasteiger charge is -2.09. The number of aliphatic carboxylic acids is 1. The highest BCUT2D eigenvalue weighted by atomic mass is 127. The molecule has 0 fully saturated rings. The largest absolute Gasteiger partial charge is 0.480 e. The molecular formula is C22H26IN3O4. The molecule has 0 aliphatic rings. The van der Waals surface area contributed by atoms with E-state index in [0.717, 1.165) is 18.4 Å². The molecular weight excluding hydrogens is 497 g/mol. The number of halogens is 1. The fraction of sp³-hybridized carbons (Fsp3) is 0.318. The number of carbonyl (C=O) groups is 3. The van der Waals surface area contributed by atoms with E-state index in [1.807, 2.05) is 0 Å². The zero-order valence-corrected chi connectivity index (χ0v) is 18.7. The molecule has 30 heavy (non-hydrogen) atoms. The van der Waals surface area contributed by atoms with Gasteiger partial charge in [0.2, 0.25) is 5.91 Å². The molecule has 0 aliphatic carbocycles. The van der Waals surface area contributed by atoms with E-state index in [9.17, 15) is 14.4 Å². The maximum atomic E-state index is 12.1. The first-order valence-electron chi connectivity index (χ1n) is 9.72. The zero-order chi connectivity index (χ0) is 21.9. The van der Waals surface area contributed by atoms with Gasteiger partial charge in [-0.3, -0.25) is 14.4 Å². The Morgan fingerprint density at radius 3 is 2.23 bits per heavy atom. The summed E-state index contributed by atoms with van der Waals surface area (Å²) in [5.74, 6) is -1.39. The number of aryl methyl sites for hydroxylation is 1. The van der Waals surface area contributed by atoms with Gasteiger partial charge in [-0.15, -0.1) is 0 Å². The Bertz CT molecular complexity index is 854. The smallest absolute Gasteiger partial charge is 0.320 e. The lowest BCUT2D eigenvalue weighted by molar-refractivity contribution is -0.138. The van der Waals surface area contributed by atoms with E-state index in [-0.39, 0.29) is 24.8 Å². The van der Waals surface area contributed by atoms with Gasteiger partial charge < -0.3 is 21.5 Å². The Hall–Kier alpha value is -2.46. The molecule has 1 atom stereocenters. The highest BCUT2D eigenvalue weighted by molar-refractivity contribution is 14.1. The third kappa shape index (κ3) is 8.50. The third-order valence-electron chi connectivity index (χ3n) is 4.55. The highest BCUT2D eigenvalue weighted by Crippen LogP contribution is 2.10. The van der Waals surface area contributed by atoms with Crippen LogP contribution in [-0.4, -0.2) is 35.5 Å². The van der Waals surface area contributed by atoms with Gasteiger partial charge in [-0.25, -0.2) is 0 Å². The summed E-state index contributed by atoms with van der Waals surface area (Å²) in [5.41, 5.74) is 7.98. The minimum absolute atomic E-state index is 0.00268. The molecule has 0 aliphatic heterocycles. The molecule has 0 spiro atoms. The molecule has 2 rings (SSSR count). The molecule has 2 aromatic carbocycles. The lowest BCUT2D eigenvalue weighted by atomic mass is 10.1. The van der Waals surface area contributed by atoms with E-state index in [4.69, 9.17) is 10.8 Å². The van der Waals surface area contributed by atoms with Crippen molar-refractivity contribution < 1.29 is 19.5 Å². The molecule has 1 unspecified atom stereocenters. The fourth-order valence-corrected chi connectivity index (χ4v) is 3.09. The molecule has 0 radical (unpaired) electrons. The van der Waals surface area contributed by atoms with E-state index < -0.39 is 12.0 Å². The average Bonchev–Trinajstić information content (AvgIpc) is 2.73. The third-order valence-corrected chi connectivity index (χ3v) is 5.27. The summed E-state index contributed by atoms with van der Waals surface area (Å²) < 4.78 is 1.19. The number of rotatable bonds is 11. The number of benzene rings is 2. The number of carboxylic acid groups (broad SMARTS) is 1. The van der Waals surface area contributed by atoms with Gasteiger partial charge in [-0.05, 0) is 77.2 Å².